The third-order valence-corrected chi connectivity index (χ3v) is 4.00. The standard InChI is InChI=1S/C13H15N5O2S/c1-4-21(19,20)11-7-5-10(6-8-11)17-13-16-9(2)15-12(14-3)18-13/h4-8H,1H2,2-3H3,(H2,14,15,16,17,18). The third-order valence-electron chi connectivity index (χ3n) is 2.63. The van der Waals surface area contributed by atoms with Crippen LogP contribution >= 0.6 is 0 Å². The highest BCUT2D eigenvalue weighted by Crippen LogP contribution is 2.18. The van der Waals surface area contributed by atoms with E-state index in [9.17, 15) is 8.42 Å². The summed E-state index contributed by atoms with van der Waals surface area (Å²) in [5.41, 5.74) is 0.672. The van der Waals surface area contributed by atoms with Crippen LogP contribution in [0.1, 0.15) is 5.82 Å². The molecule has 0 saturated carbocycles. The van der Waals surface area contributed by atoms with Crippen LogP contribution in [0.2, 0.25) is 0 Å². The second-order valence-electron chi connectivity index (χ2n) is 4.14. The lowest BCUT2D eigenvalue weighted by molar-refractivity contribution is 0.605. The highest BCUT2D eigenvalue weighted by atomic mass is 32.2. The van der Waals surface area contributed by atoms with Crippen molar-refractivity contribution in [3.63, 3.8) is 0 Å². The van der Waals surface area contributed by atoms with Gasteiger partial charge in [0.25, 0.3) is 0 Å². The summed E-state index contributed by atoms with van der Waals surface area (Å²) in [7, 11) is -1.70. The van der Waals surface area contributed by atoms with Crippen LogP contribution in [-0.2, 0) is 9.84 Å². The third kappa shape index (κ3) is 3.54. The molecule has 7 nitrogen and oxygen atoms in total. The number of aromatic nitrogens is 3. The van der Waals surface area contributed by atoms with Crippen LogP contribution in [0.25, 0.3) is 0 Å². The first-order valence-electron chi connectivity index (χ1n) is 6.09. The summed E-state index contributed by atoms with van der Waals surface area (Å²) in [5.74, 6) is 1.41. The van der Waals surface area contributed by atoms with Gasteiger partial charge in [0.1, 0.15) is 5.82 Å². The minimum Gasteiger partial charge on any atom is -0.357 e. The molecule has 0 saturated heterocycles. The fourth-order valence-corrected chi connectivity index (χ4v) is 2.31. The molecule has 0 atom stereocenters. The minimum atomic E-state index is -3.42. The summed E-state index contributed by atoms with van der Waals surface area (Å²) in [6.45, 7) is 5.05. The fourth-order valence-electron chi connectivity index (χ4n) is 1.60. The normalized spacial score (nSPS) is 11.0. The van der Waals surface area contributed by atoms with Crippen molar-refractivity contribution in [2.24, 2.45) is 0 Å². The smallest absolute Gasteiger partial charge is 0.232 e. The summed E-state index contributed by atoms with van der Waals surface area (Å²) in [6.07, 6.45) is 0. The second kappa shape index (κ2) is 5.88. The van der Waals surface area contributed by atoms with Crippen molar-refractivity contribution >= 4 is 27.4 Å². The molecule has 110 valence electrons. The van der Waals surface area contributed by atoms with E-state index in [0.29, 0.717) is 23.4 Å². The van der Waals surface area contributed by atoms with E-state index >= 15 is 0 Å². The molecule has 0 fully saturated rings. The van der Waals surface area contributed by atoms with Gasteiger partial charge in [-0.25, -0.2) is 8.42 Å². The van der Waals surface area contributed by atoms with E-state index in [4.69, 9.17) is 0 Å². The minimum absolute atomic E-state index is 0.186. The molecule has 0 spiro atoms. The van der Waals surface area contributed by atoms with E-state index < -0.39 is 9.84 Å². The number of aryl methyl sites for hydroxylation is 1. The Bertz CT molecular complexity index is 757. The monoisotopic (exact) mass is 305 g/mol. The van der Waals surface area contributed by atoms with Crippen molar-refractivity contribution in [1.82, 2.24) is 15.0 Å². The molecule has 1 aromatic heterocycles. The lowest BCUT2D eigenvalue weighted by Crippen LogP contribution is -2.05. The largest absolute Gasteiger partial charge is 0.357 e. The Balaban J connectivity index is 2.25. The second-order valence-corrected chi connectivity index (χ2v) is 6.04. The molecule has 21 heavy (non-hydrogen) atoms. The van der Waals surface area contributed by atoms with Gasteiger partial charge in [-0.05, 0) is 31.2 Å². The van der Waals surface area contributed by atoms with Crippen molar-refractivity contribution in [1.29, 1.82) is 0 Å². The topological polar surface area (TPSA) is 96.9 Å². The van der Waals surface area contributed by atoms with Gasteiger partial charge in [-0.2, -0.15) is 15.0 Å². The number of nitrogens with one attached hydrogen (secondary N) is 2. The van der Waals surface area contributed by atoms with Crippen molar-refractivity contribution in [3.05, 3.63) is 42.1 Å². The van der Waals surface area contributed by atoms with Crippen LogP contribution in [-0.4, -0.2) is 30.4 Å². The number of hydrogen-bond donors (Lipinski definition) is 2. The van der Waals surface area contributed by atoms with E-state index in [-0.39, 0.29) is 4.90 Å². The molecular formula is C13H15N5O2S. The van der Waals surface area contributed by atoms with E-state index in [0.717, 1.165) is 5.41 Å². The first-order valence-corrected chi connectivity index (χ1v) is 7.64. The van der Waals surface area contributed by atoms with E-state index in [1.807, 2.05) is 0 Å². The van der Waals surface area contributed by atoms with Crippen LogP contribution in [0.5, 0.6) is 0 Å². The zero-order valence-corrected chi connectivity index (χ0v) is 12.5. The van der Waals surface area contributed by atoms with Gasteiger partial charge >= 0.3 is 0 Å². The molecular weight excluding hydrogens is 290 g/mol. The average Bonchev–Trinajstić information content (AvgIpc) is 2.47. The van der Waals surface area contributed by atoms with Crippen molar-refractivity contribution in [2.75, 3.05) is 17.7 Å². The average molecular weight is 305 g/mol. The van der Waals surface area contributed by atoms with Crippen LogP contribution in [0.4, 0.5) is 17.6 Å². The summed E-state index contributed by atoms with van der Waals surface area (Å²) in [4.78, 5) is 12.6. The van der Waals surface area contributed by atoms with Gasteiger partial charge in [0, 0.05) is 18.1 Å². The van der Waals surface area contributed by atoms with E-state index in [1.165, 1.54) is 12.1 Å². The highest BCUT2D eigenvalue weighted by Gasteiger charge is 2.09. The maximum atomic E-state index is 11.6. The molecule has 2 N–H and O–H groups in total. The van der Waals surface area contributed by atoms with Gasteiger partial charge in [-0.15, -0.1) is 0 Å². The molecule has 1 heterocycles. The number of hydrogen-bond acceptors (Lipinski definition) is 7. The lowest BCUT2D eigenvalue weighted by atomic mass is 10.3. The first-order chi connectivity index (χ1) is 9.94. The van der Waals surface area contributed by atoms with Crippen molar-refractivity contribution in [2.45, 2.75) is 11.8 Å². The summed E-state index contributed by atoms with van der Waals surface area (Å²) in [5, 5.41) is 6.75. The maximum Gasteiger partial charge on any atom is 0.232 e. The Morgan fingerprint density at radius 3 is 2.29 bits per heavy atom. The number of anilines is 3. The SMILES string of the molecule is C=CS(=O)(=O)c1ccc(Nc2nc(C)nc(NC)n2)cc1. The zero-order valence-electron chi connectivity index (χ0n) is 11.7. The quantitative estimate of drug-likeness (QED) is 0.870. The van der Waals surface area contributed by atoms with Crippen molar-refractivity contribution in [3.8, 4) is 0 Å². The van der Waals surface area contributed by atoms with Gasteiger partial charge in [0.2, 0.25) is 11.9 Å². The Hall–Kier alpha value is -2.48. The molecule has 0 aliphatic carbocycles. The molecule has 8 heteroatoms. The Kier molecular flexibility index (Phi) is 4.18. The number of nitrogens with zero attached hydrogens (tertiary/aromatic N) is 3. The fraction of sp³-hybridized carbons (Fsp3) is 0.154. The van der Waals surface area contributed by atoms with E-state index in [1.54, 1.807) is 26.1 Å². The summed E-state index contributed by atoms with van der Waals surface area (Å²) >= 11 is 0. The van der Waals surface area contributed by atoms with Gasteiger partial charge in [0.15, 0.2) is 9.84 Å². The van der Waals surface area contributed by atoms with Crippen molar-refractivity contribution < 1.29 is 8.42 Å². The van der Waals surface area contributed by atoms with Gasteiger partial charge in [-0.3, -0.25) is 0 Å². The van der Waals surface area contributed by atoms with Crippen LogP contribution in [0, 0.1) is 6.92 Å². The summed E-state index contributed by atoms with van der Waals surface area (Å²) < 4.78 is 23.2. The van der Waals surface area contributed by atoms with Crippen LogP contribution in [0.15, 0.2) is 41.1 Å². The Labute approximate surface area is 123 Å². The van der Waals surface area contributed by atoms with Gasteiger partial charge in [-0.1, -0.05) is 6.58 Å². The predicted octanol–water partition coefficient (Wildman–Crippen LogP) is 1.88. The lowest BCUT2D eigenvalue weighted by Gasteiger charge is -2.07. The molecule has 2 aromatic rings. The molecule has 0 unspecified atom stereocenters. The Morgan fingerprint density at radius 1 is 1.10 bits per heavy atom. The molecule has 1 aromatic carbocycles. The molecule has 0 aliphatic rings. The molecule has 0 aliphatic heterocycles. The molecule has 2 rings (SSSR count). The van der Waals surface area contributed by atoms with Gasteiger partial charge < -0.3 is 10.6 Å². The first kappa shape index (κ1) is 14.9. The Morgan fingerprint density at radius 2 is 1.71 bits per heavy atom. The zero-order chi connectivity index (χ0) is 15.5. The molecule has 0 amide bonds. The number of rotatable bonds is 5. The van der Waals surface area contributed by atoms with E-state index in [2.05, 4.69) is 32.2 Å². The number of benzene rings is 1. The van der Waals surface area contributed by atoms with Crippen LogP contribution in [0.3, 0.4) is 0 Å². The van der Waals surface area contributed by atoms with Crippen LogP contribution < -0.4 is 10.6 Å². The maximum absolute atomic E-state index is 11.6. The highest BCUT2D eigenvalue weighted by molar-refractivity contribution is 7.94. The summed E-state index contributed by atoms with van der Waals surface area (Å²) in [6, 6.07) is 6.25. The predicted molar refractivity (Wildman–Crippen MR) is 81.2 cm³/mol. The molecule has 0 bridgehead atoms. The molecule has 0 radical (unpaired) electrons. The van der Waals surface area contributed by atoms with Gasteiger partial charge in [0.05, 0.1) is 4.90 Å². The number of sulfone groups is 1.